The number of nitrogens with zero attached hydrogens (tertiary/aromatic N) is 4. The van der Waals surface area contributed by atoms with Crippen LogP contribution in [0.25, 0.3) is 0 Å². The van der Waals surface area contributed by atoms with Crippen LogP contribution in [-0.2, 0) is 9.59 Å². The summed E-state index contributed by atoms with van der Waals surface area (Å²) < 4.78 is 5.47. The number of anilines is 1. The van der Waals surface area contributed by atoms with Crippen LogP contribution in [0.3, 0.4) is 0 Å². The third kappa shape index (κ3) is 5.72. The fourth-order valence-corrected chi connectivity index (χ4v) is 4.97. The number of piperidine rings is 1. The Kier molecular flexibility index (Phi) is 7.53. The molecule has 2 amide bonds. The van der Waals surface area contributed by atoms with Crippen LogP contribution in [0.4, 0.5) is 11.4 Å². The molecule has 2 saturated heterocycles. The van der Waals surface area contributed by atoms with Crippen LogP contribution in [-0.4, -0.2) is 71.9 Å². The molecule has 4 rings (SSSR count). The van der Waals surface area contributed by atoms with E-state index in [9.17, 15) is 19.7 Å². The summed E-state index contributed by atoms with van der Waals surface area (Å²) >= 11 is 0. The first-order chi connectivity index (χ1) is 16.8. The first-order valence-electron chi connectivity index (χ1n) is 12.1. The van der Waals surface area contributed by atoms with Gasteiger partial charge < -0.3 is 19.4 Å². The number of likely N-dealkylation sites (tertiary alicyclic amines) is 1. The van der Waals surface area contributed by atoms with Gasteiger partial charge in [0.05, 0.1) is 10.8 Å². The molecule has 1 unspecified atom stereocenters. The van der Waals surface area contributed by atoms with E-state index in [0.717, 1.165) is 19.4 Å². The minimum atomic E-state index is -0.533. The number of amides is 2. The number of nitro benzene ring substituents is 1. The fraction of sp³-hybridized carbons (Fsp3) is 0.462. The highest BCUT2D eigenvalue weighted by Gasteiger charge is 2.34. The van der Waals surface area contributed by atoms with Crippen molar-refractivity contribution in [1.82, 2.24) is 9.80 Å². The Balaban J connectivity index is 1.32. The molecule has 9 heteroatoms. The lowest BCUT2D eigenvalue weighted by atomic mass is 9.95. The van der Waals surface area contributed by atoms with E-state index in [-0.39, 0.29) is 41.8 Å². The second-order valence-corrected chi connectivity index (χ2v) is 9.36. The lowest BCUT2D eigenvalue weighted by Gasteiger charge is -2.43. The Bertz CT molecular complexity index is 1090. The van der Waals surface area contributed by atoms with Gasteiger partial charge >= 0.3 is 5.69 Å². The van der Waals surface area contributed by atoms with Gasteiger partial charge in [0, 0.05) is 50.5 Å². The molecular formula is C26H32N4O5. The summed E-state index contributed by atoms with van der Waals surface area (Å²) in [6.45, 7) is 6.91. The van der Waals surface area contributed by atoms with Crippen LogP contribution in [0.5, 0.6) is 5.75 Å². The molecule has 2 heterocycles. The minimum Gasteiger partial charge on any atom is -0.477 e. The van der Waals surface area contributed by atoms with Gasteiger partial charge in [-0.2, -0.15) is 0 Å². The number of rotatable bonds is 6. The lowest BCUT2D eigenvalue weighted by molar-refractivity contribution is -0.385. The molecule has 0 aromatic heterocycles. The van der Waals surface area contributed by atoms with Gasteiger partial charge in [-0.25, -0.2) is 0 Å². The monoisotopic (exact) mass is 480 g/mol. The van der Waals surface area contributed by atoms with Gasteiger partial charge in [0.25, 0.3) is 5.91 Å². The van der Waals surface area contributed by atoms with Crippen LogP contribution in [0.2, 0.25) is 0 Å². The standard InChI is InChI=1S/C26H32N4O5/c1-19-7-5-9-22(15-19)29-14-13-28(16-20(29)2)26(32)21-8-6-12-27(17-21)25(31)18-35-24-11-4-3-10-23(24)30(33)34/h3-5,7,9-11,15,20-21H,6,8,12-14,16-18H2,1-2H3/t20?,21-/m1/s1. The molecule has 35 heavy (non-hydrogen) atoms. The van der Waals surface area contributed by atoms with Crippen LogP contribution >= 0.6 is 0 Å². The van der Waals surface area contributed by atoms with Crippen molar-refractivity contribution in [1.29, 1.82) is 0 Å². The summed E-state index contributed by atoms with van der Waals surface area (Å²) in [5, 5.41) is 11.2. The molecule has 0 spiro atoms. The van der Waals surface area contributed by atoms with Gasteiger partial charge in [0.15, 0.2) is 12.4 Å². The van der Waals surface area contributed by atoms with Crippen LogP contribution in [0, 0.1) is 23.0 Å². The fourth-order valence-electron chi connectivity index (χ4n) is 4.97. The highest BCUT2D eigenvalue weighted by atomic mass is 16.6. The van der Waals surface area contributed by atoms with Gasteiger partial charge in [-0.05, 0) is 50.5 Å². The SMILES string of the molecule is Cc1cccc(N2CCN(C(=O)[C@@H]3CCCN(C(=O)COc4ccccc4[N+](=O)[O-])C3)CC2C)c1. The molecule has 0 saturated carbocycles. The number of para-hydroxylation sites is 2. The molecule has 2 fully saturated rings. The number of ether oxygens (including phenoxy) is 1. The van der Waals surface area contributed by atoms with Crippen molar-refractivity contribution >= 4 is 23.2 Å². The van der Waals surface area contributed by atoms with Gasteiger partial charge in [-0.15, -0.1) is 0 Å². The predicted octanol–water partition coefficient (Wildman–Crippen LogP) is 3.26. The summed E-state index contributed by atoms with van der Waals surface area (Å²) in [5.41, 5.74) is 2.22. The zero-order chi connectivity index (χ0) is 24.9. The number of piperazine rings is 1. The van der Waals surface area contributed by atoms with Crippen LogP contribution in [0.1, 0.15) is 25.3 Å². The molecule has 0 aliphatic carbocycles. The first-order valence-corrected chi connectivity index (χ1v) is 12.1. The summed E-state index contributed by atoms with van der Waals surface area (Å²) in [5.74, 6) is -0.344. The van der Waals surface area contributed by atoms with E-state index in [0.29, 0.717) is 26.2 Å². The normalized spacial score (nSPS) is 20.5. The van der Waals surface area contributed by atoms with Gasteiger partial charge in [-0.1, -0.05) is 24.3 Å². The molecule has 186 valence electrons. The van der Waals surface area contributed by atoms with Crippen molar-refractivity contribution in [3.8, 4) is 5.75 Å². The number of carbonyl (C=O) groups is 2. The molecule has 2 aliphatic rings. The van der Waals surface area contributed by atoms with Crippen molar-refractivity contribution in [3.05, 3.63) is 64.2 Å². The first kappa shape index (κ1) is 24.5. The van der Waals surface area contributed by atoms with Gasteiger partial charge in [-0.3, -0.25) is 19.7 Å². The number of carbonyl (C=O) groups excluding carboxylic acids is 2. The molecule has 0 bridgehead atoms. The number of hydrogen-bond acceptors (Lipinski definition) is 6. The van der Waals surface area contributed by atoms with Crippen molar-refractivity contribution in [2.24, 2.45) is 5.92 Å². The Labute approximate surface area is 205 Å². The van der Waals surface area contributed by atoms with Crippen molar-refractivity contribution in [2.75, 3.05) is 44.2 Å². The zero-order valence-corrected chi connectivity index (χ0v) is 20.3. The Hall–Kier alpha value is -3.62. The van der Waals surface area contributed by atoms with E-state index in [1.807, 2.05) is 4.90 Å². The quantitative estimate of drug-likeness (QED) is 0.465. The maximum absolute atomic E-state index is 13.3. The summed E-state index contributed by atoms with van der Waals surface area (Å²) in [6, 6.07) is 14.6. The van der Waals surface area contributed by atoms with Crippen LogP contribution < -0.4 is 9.64 Å². The Morgan fingerprint density at radius 1 is 1.06 bits per heavy atom. The number of benzene rings is 2. The average molecular weight is 481 g/mol. The Morgan fingerprint density at radius 2 is 1.86 bits per heavy atom. The smallest absolute Gasteiger partial charge is 0.310 e. The highest BCUT2D eigenvalue weighted by molar-refractivity contribution is 5.82. The summed E-state index contributed by atoms with van der Waals surface area (Å²) in [6.07, 6.45) is 1.49. The highest BCUT2D eigenvalue weighted by Crippen LogP contribution is 2.27. The van der Waals surface area contributed by atoms with Gasteiger partial charge in [0.1, 0.15) is 0 Å². The predicted molar refractivity (Wildman–Crippen MR) is 132 cm³/mol. The molecule has 0 N–H and O–H groups in total. The summed E-state index contributed by atoms with van der Waals surface area (Å²) in [4.78, 5) is 42.6. The summed E-state index contributed by atoms with van der Waals surface area (Å²) in [7, 11) is 0. The number of hydrogen-bond donors (Lipinski definition) is 0. The molecular weight excluding hydrogens is 448 g/mol. The second kappa shape index (κ2) is 10.8. The lowest BCUT2D eigenvalue weighted by Crippen LogP contribution is -2.56. The average Bonchev–Trinajstić information content (AvgIpc) is 2.87. The van der Waals surface area contributed by atoms with Crippen LogP contribution in [0.15, 0.2) is 48.5 Å². The van der Waals surface area contributed by atoms with E-state index in [1.165, 1.54) is 23.4 Å². The third-order valence-corrected chi connectivity index (χ3v) is 6.81. The topological polar surface area (TPSA) is 96.2 Å². The molecule has 0 radical (unpaired) electrons. The zero-order valence-electron chi connectivity index (χ0n) is 20.3. The van der Waals surface area contributed by atoms with E-state index < -0.39 is 4.92 Å². The third-order valence-electron chi connectivity index (χ3n) is 6.81. The molecule has 9 nitrogen and oxygen atoms in total. The number of aryl methyl sites for hydroxylation is 1. The van der Waals surface area contributed by atoms with Crippen molar-refractivity contribution < 1.29 is 19.2 Å². The van der Waals surface area contributed by atoms with E-state index in [1.54, 1.807) is 17.0 Å². The van der Waals surface area contributed by atoms with Crippen molar-refractivity contribution in [3.63, 3.8) is 0 Å². The van der Waals surface area contributed by atoms with E-state index in [2.05, 4.69) is 43.0 Å². The van der Waals surface area contributed by atoms with E-state index in [4.69, 9.17) is 4.74 Å². The molecule has 2 aliphatic heterocycles. The Morgan fingerprint density at radius 3 is 2.60 bits per heavy atom. The van der Waals surface area contributed by atoms with Gasteiger partial charge in [0.2, 0.25) is 5.91 Å². The largest absolute Gasteiger partial charge is 0.477 e. The molecule has 2 aromatic carbocycles. The second-order valence-electron chi connectivity index (χ2n) is 9.36. The maximum Gasteiger partial charge on any atom is 0.310 e. The molecule has 2 atom stereocenters. The number of nitro groups is 1. The molecule has 2 aromatic rings. The maximum atomic E-state index is 13.3. The van der Waals surface area contributed by atoms with E-state index >= 15 is 0 Å². The van der Waals surface area contributed by atoms with Crippen molar-refractivity contribution in [2.45, 2.75) is 32.7 Å². The minimum absolute atomic E-state index is 0.0657.